The lowest BCUT2D eigenvalue weighted by Gasteiger charge is -2.19. The van der Waals surface area contributed by atoms with Gasteiger partial charge in [0.25, 0.3) is 0 Å². The van der Waals surface area contributed by atoms with E-state index in [-0.39, 0.29) is 11.8 Å². The third kappa shape index (κ3) is 0.908. The van der Waals surface area contributed by atoms with Crippen LogP contribution in [0.15, 0.2) is 0 Å². The zero-order valence-corrected chi connectivity index (χ0v) is 7.69. The number of hydrogen-bond donors (Lipinski definition) is 1. The van der Waals surface area contributed by atoms with Gasteiger partial charge in [0.15, 0.2) is 5.78 Å². The van der Waals surface area contributed by atoms with E-state index in [1.165, 1.54) is 0 Å². The second-order valence-electron chi connectivity index (χ2n) is 3.75. The minimum absolute atomic E-state index is 0.00972. The topological polar surface area (TPSA) is 70.1 Å². The molecule has 0 saturated heterocycles. The Bertz CT molecular complexity index is 410. The van der Waals surface area contributed by atoms with Crippen LogP contribution in [0.4, 0.5) is 0 Å². The molecule has 1 aromatic rings. The van der Waals surface area contributed by atoms with Crippen molar-refractivity contribution in [1.82, 2.24) is 9.78 Å². The van der Waals surface area contributed by atoms with Crippen molar-refractivity contribution < 1.29 is 9.53 Å². The van der Waals surface area contributed by atoms with Crippen molar-refractivity contribution in [3.05, 3.63) is 17.0 Å². The zero-order chi connectivity index (χ0) is 9.71. The van der Waals surface area contributed by atoms with Gasteiger partial charge in [-0.2, -0.15) is 5.10 Å². The Morgan fingerprint density at radius 1 is 1.50 bits per heavy atom. The van der Waals surface area contributed by atoms with Gasteiger partial charge >= 0.3 is 0 Å². The molecular formula is C9H11N3O2. The SMILES string of the molecule is NC1CCn2nc3c(c2C1=O)COC3. The van der Waals surface area contributed by atoms with Crippen molar-refractivity contribution in [3.8, 4) is 0 Å². The molecule has 1 aromatic heterocycles. The number of nitrogens with two attached hydrogens (primary N) is 1. The van der Waals surface area contributed by atoms with Crippen LogP contribution in [-0.2, 0) is 24.5 Å². The first kappa shape index (κ1) is 8.14. The van der Waals surface area contributed by atoms with E-state index < -0.39 is 0 Å². The second-order valence-corrected chi connectivity index (χ2v) is 3.75. The average Bonchev–Trinajstić information content (AvgIpc) is 2.70. The van der Waals surface area contributed by atoms with E-state index in [4.69, 9.17) is 10.5 Å². The number of fused-ring (bicyclic) bond motifs is 3. The summed E-state index contributed by atoms with van der Waals surface area (Å²) in [7, 11) is 0. The number of carbonyl (C=O) groups excluding carboxylic acids is 1. The summed E-state index contributed by atoms with van der Waals surface area (Å²) >= 11 is 0. The first-order chi connectivity index (χ1) is 6.77. The zero-order valence-electron chi connectivity index (χ0n) is 7.69. The van der Waals surface area contributed by atoms with E-state index in [1.807, 2.05) is 0 Å². The van der Waals surface area contributed by atoms with E-state index in [9.17, 15) is 4.79 Å². The highest BCUT2D eigenvalue weighted by molar-refractivity contribution is 6.00. The van der Waals surface area contributed by atoms with Crippen molar-refractivity contribution in [2.45, 2.75) is 32.2 Å². The maximum Gasteiger partial charge on any atom is 0.197 e. The van der Waals surface area contributed by atoms with Gasteiger partial charge in [-0.25, -0.2) is 0 Å². The lowest BCUT2D eigenvalue weighted by Crippen LogP contribution is -2.38. The molecule has 2 N–H and O–H groups in total. The fourth-order valence-electron chi connectivity index (χ4n) is 2.07. The largest absolute Gasteiger partial charge is 0.370 e. The van der Waals surface area contributed by atoms with Gasteiger partial charge in [-0.15, -0.1) is 0 Å². The molecule has 0 bridgehead atoms. The quantitative estimate of drug-likeness (QED) is 0.621. The molecule has 0 amide bonds. The predicted molar refractivity (Wildman–Crippen MR) is 47.6 cm³/mol. The molecular weight excluding hydrogens is 182 g/mol. The highest BCUT2D eigenvalue weighted by atomic mass is 16.5. The van der Waals surface area contributed by atoms with Crippen LogP contribution in [0.5, 0.6) is 0 Å². The van der Waals surface area contributed by atoms with Gasteiger partial charge in [-0.05, 0) is 6.42 Å². The molecule has 0 fully saturated rings. The standard InChI is InChI=1S/C9H11N3O2/c10-6-1-2-12-8(9(6)13)5-3-14-4-7(5)11-12/h6H,1-4,10H2. The molecule has 74 valence electrons. The summed E-state index contributed by atoms with van der Waals surface area (Å²) < 4.78 is 7.01. The van der Waals surface area contributed by atoms with Crippen LogP contribution >= 0.6 is 0 Å². The van der Waals surface area contributed by atoms with Gasteiger partial charge in [0.05, 0.1) is 24.9 Å². The van der Waals surface area contributed by atoms with E-state index in [0.29, 0.717) is 25.3 Å². The number of hydrogen-bond acceptors (Lipinski definition) is 4. The maximum atomic E-state index is 11.8. The van der Waals surface area contributed by atoms with Gasteiger partial charge in [0, 0.05) is 12.1 Å². The van der Waals surface area contributed by atoms with Crippen molar-refractivity contribution in [3.63, 3.8) is 0 Å². The summed E-state index contributed by atoms with van der Waals surface area (Å²) in [6, 6.07) is -0.358. The van der Waals surface area contributed by atoms with Crippen molar-refractivity contribution in [2.24, 2.45) is 5.73 Å². The normalized spacial score (nSPS) is 24.9. The predicted octanol–water partition coefficient (Wildman–Crippen LogP) is -0.173. The summed E-state index contributed by atoms with van der Waals surface area (Å²) in [5.41, 5.74) is 8.25. The molecule has 14 heavy (non-hydrogen) atoms. The second kappa shape index (κ2) is 2.65. The fraction of sp³-hybridized carbons (Fsp3) is 0.556. The highest BCUT2D eigenvalue weighted by Crippen LogP contribution is 2.26. The van der Waals surface area contributed by atoms with Crippen molar-refractivity contribution in [2.75, 3.05) is 0 Å². The molecule has 1 atom stereocenters. The Labute approximate surface area is 80.8 Å². The molecule has 2 aliphatic heterocycles. The first-order valence-corrected chi connectivity index (χ1v) is 4.73. The number of ether oxygens (including phenoxy) is 1. The Morgan fingerprint density at radius 2 is 2.36 bits per heavy atom. The van der Waals surface area contributed by atoms with Crippen molar-refractivity contribution >= 4 is 5.78 Å². The number of aryl methyl sites for hydroxylation is 1. The number of Topliss-reactive ketones (excluding diaryl/α,β-unsaturated/α-hetero) is 1. The summed E-state index contributed by atoms with van der Waals surface area (Å²) in [4.78, 5) is 11.8. The van der Waals surface area contributed by atoms with E-state index in [1.54, 1.807) is 4.68 Å². The van der Waals surface area contributed by atoms with Crippen LogP contribution < -0.4 is 5.73 Å². The minimum Gasteiger partial charge on any atom is -0.370 e. The number of ketones is 1. The van der Waals surface area contributed by atoms with Gasteiger partial charge in [0.1, 0.15) is 5.69 Å². The number of aromatic nitrogens is 2. The summed E-state index contributed by atoms with van der Waals surface area (Å²) in [6.45, 7) is 1.77. The van der Waals surface area contributed by atoms with Crippen LogP contribution in [0.3, 0.4) is 0 Å². The molecule has 0 aromatic carbocycles. The number of nitrogens with zero attached hydrogens (tertiary/aromatic N) is 2. The van der Waals surface area contributed by atoms with Crippen LogP contribution in [0.2, 0.25) is 0 Å². The van der Waals surface area contributed by atoms with Gasteiger partial charge < -0.3 is 10.5 Å². The molecule has 3 heterocycles. The van der Waals surface area contributed by atoms with Crippen LogP contribution in [0, 0.1) is 0 Å². The molecule has 5 nitrogen and oxygen atoms in total. The van der Waals surface area contributed by atoms with Crippen LogP contribution in [-0.4, -0.2) is 21.6 Å². The Morgan fingerprint density at radius 3 is 3.21 bits per heavy atom. The molecule has 1 unspecified atom stereocenters. The third-order valence-corrected chi connectivity index (χ3v) is 2.84. The number of rotatable bonds is 0. The first-order valence-electron chi connectivity index (χ1n) is 4.73. The Balaban J connectivity index is 2.17. The molecule has 0 saturated carbocycles. The Hall–Kier alpha value is -1.20. The van der Waals surface area contributed by atoms with Crippen molar-refractivity contribution in [1.29, 1.82) is 0 Å². The van der Waals surface area contributed by atoms with E-state index in [0.717, 1.165) is 17.8 Å². The third-order valence-electron chi connectivity index (χ3n) is 2.84. The van der Waals surface area contributed by atoms with Crippen LogP contribution in [0.1, 0.15) is 28.2 Å². The lowest BCUT2D eigenvalue weighted by atomic mass is 10.0. The van der Waals surface area contributed by atoms with Crippen LogP contribution in [0.25, 0.3) is 0 Å². The average molecular weight is 193 g/mol. The monoisotopic (exact) mass is 193 g/mol. The fourth-order valence-corrected chi connectivity index (χ4v) is 2.07. The number of carbonyl (C=O) groups is 1. The molecule has 3 rings (SSSR count). The van der Waals surface area contributed by atoms with E-state index >= 15 is 0 Å². The van der Waals surface area contributed by atoms with Gasteiger partial charge in [-0.3, -0.25) is 9.48 Å². The summed E-state index contributed by atoms with van der Waals surface area (Å²) in [6.07, 6.45) is 0.688. The molecule has 2 aliphatic rings. The van der Waals surface area contributed by atoms with Gasteiger partial charge in [-0.1, -0.05) is 0 Å². The maximum absolute atomic E-state index is 11.8. The van der Waals surface area contributed by atoms with Gasteiger partial charge in [0.2, 0.25) is 0 Å². The molecule has 0 aliphatic carbocycles. The molecule has 0 radical (unpaired) electrons. The van der Waals surface area contributed by atoms with E-state index in [2.05, 4.69) is 5.10 Å². The summed E-state index contributed by atoms with van der Waals surface area (Å²) in [5, 5.41) is 4.33. The Kier molecular flexibility index (Phi) is 1.54. The minimum atomic E-state index is -0.358. The molecule has 0 spiro atoms. The summed E-state index contributed by atoms with van der Waals surface area (Å²) in [5.74, 6) is 0.00972. The highest BCUT2D eigenvalue weighted by Gasteiger charge is 2.32. The smallest absolute Gasteiger partial charge is 0.197 e. The lowest BCUT2D eigenvalue weighted by molar-refractivity contribution is 0.0911. The molecule has 5 heteroatoms.